The Labute approximate surface area is 93.9 Å². The Morgan fingerprint density at radius 2 is 2.00 bits per heavy atom. The molecular formula is C9H7F2N5O. The number of amides is 1. The van der Waals surface area contributed by atoms with Crippen LogP contribution in [0.1, 0.15) is 10.6 Å². The van der Waals surface area contributed by atoms with E-state index in [0.29, 0.717) is 0 Å². The molecule has 0 saturated heterocycles. The van der Waals surface area contributed by atoms with E-state index in [1.54, 1.807) is 0 Å². The molecule has 1 aromatic heterocycles. The predicted molar refractivity (Wildman–Crippen MR) is 55.1 cm³/mol. The molecule has 0 bridgehead atoms. The van der Waals surface area contributed by atoms with Crippen molar-refractivity contribution in [3.63, 3.8) is 0 Å². The lowest BCUT2D eigenvalue weighted by molar-refractivity contribution is 0.101. The summed E-state index contributed by atoms with van der Waals surface area (Å²) < 4.78 is 26.4. The van der Waals surface area contributed by atoms with Gasteiger partial charge in [0.1, 0.15) is 17.3 Å². The average molecular weight is 239 g/mol. The number of nitrogens with zero attached hydrogens (tertiary/aromatic N) is 2. The van der Waals surface area contributed by atoms with Gasteiger partial charge in [-0.3, -0.25) is 9.89 Å². The van der Waals surface area contributed by atoms with Gasteiger partial charge in [-0.15, -0.1) is 5.10 Å². The van der Waals surface area contributed by atoms with E-state index in [0.717, 1.165) is 12.1 Å². The highest BCUT2D eigenvalue weighted by atomic mass is 19.1. The number of aromatic nitrogens is 3. The first-order valence-corrected chi connectivity index (χ1v) is 4.51. The molecule has 4 N–H and O–H groups in total. The molecule has 1 amide bonds. The topological polar surface area (TPSA) is 96.7 Å². The van der Waals surface area contributed by atoms with Gasteiger partial charge in [-0.1, -0.05) is 6.07 Å². The van der Waals surface area contributed by atoms with Gasteiger partial charge in [-0.05, 0) is 12.1 Å². The Morgan fingerprint density at radius 1 is 1.35 bits per heavy atom. The van der Waals surface area contributed by atoms with Crippen LogP contribution in [0.25, 0.3) is 0 Å². The number of nitrogens with two attached hydrogens (primary N) is 1. The third-order valence-corrected chi connectivity index (χ3v) is 1.92. The summed E-state index contributed by atoms with van der Waals surface area (Å²) >= 11 is 0. The summed E-state index contributed by atoms with van der Waals surface area (Å²) in [5, 5.41) is 7.67. The van der Waals surface area contributed by atoms with Crippen molar-refractivity contribution in [3.8, 4) is 0 Å². The number of benzene rings is 1. The summed E-state index contributed by atoms with van der Waals surface area (Å²) in [6.07, 6.45) is 0. The van der Waals surface area contributed by atoms with Crippen molar-refractivity contribution in [2.24, 2.45) is 0 Å². The van der Waals surface area contributed by atoms with Crippen LogP contribution >= 0.6 is 0 Å². The highest BCUT2D eigenvalue weighted by molar-refractivity contribution is 6.01. The summed E-state index contributed by atoms with van der Waals surface area (Å²) in [6, 6.07) is 3.23. The molecule has 8 heteroatoms. The van der Waals surface area contributed by atoms with E-state index in [-0.39, 0.29) is 11.8 Å². The minimum atomic E-state index is -0.883. The second kappa shape index (κ2) is 4.16. The van der Waals surface area contributed by atoms with Crippen molar-refractivity contribution < 1.29 is 13.6 Å². The number of hydrogen-bond donors (Lipinski definition) is 3. The van der Waals surface area contributed by atoms with Gasteiger partial charge >= 0.3 is 0 Å². The number of para-hydroxylation sites is 1. The van der Waals surface area contributed by atoms with Gasteiger partial charge in [0.15, 0.2) is 0 Å². The monoisotopic (exact) mass is 239 g/mol. The molecule has 2 rings (SSSR count). The molecule has 0 atom stereocenters. The number of aromatic amines is 1. The van der Waals surface area contributed by atoms with E-state index in [9.17, 15) is 13.6 Å². The summed E-state index contributed by atoms with van der Waals surface area (Å²) in [7, 11) is 0. The molecule has 0 unspecified atom stereocenters. The van der Waals surface area contributed by atoms with Crippen molar-refractivity contribution in [1.82, 2.24) is 15.2 Å². The van der Waals surface area contributed by atoms with Gasteiger partial charge in [-0.2, -0.15) is 4.98 Å². The molecule has 0 aliphatic heterocycles. The predicted octanol–water partition coefficient (Wildman–Crippen LogP) is 0.917. The molecule has 0 radical (unpaired) electrons. The first-order chi connectivity index (χ1) is 8.08. The quantitative estimate of drug-likeness (QED) is 0.725. The summed E-state index contributed by atoms with van der Waals surface area (Å²) in [6.45, 7) is 0. The smallest absolute Gasteiger partial charge is 0.293 e. The van der Waals surface area contributed by atoms with Crippen molar-refractivity contribution in [1.29, 1.82) is 0 Å². The molecule has 1 aromatic carbocycles. The van der Waals surface area contributed by atoms with Crippen molar-refractivity contribution in [3.05, 3.63) is 35.7 Å². The number of carbonyl (C=O) groups is 1. The summed E-state index contributed by atoms with van der Waals surface area (Å²) in [5.41, 5.74) is 4.64. The Bertz CT molecular complexity index is 548. The van der Waals surface area contributed by atoms with E-state index in [2.05, 4.69) is 15.2 Å². The zero-order chi connectivity index (χ0) is 12.4. The van der Waals surface area contributed by atoms with Crippen molar-refractivity contribution >= 4 is 17.5 Å². The lowest BCUT2D eigenvalue weighted by atomic mass is 10.3. The fourth-order valence-corrected chi connectivity index (χ4v) is 1.17. The third kappa shape index (κ3) is 2.19. The van der Waals surface area contributed by atoms with Gasteiger partial charge in [0.2, 0.25) is 11.8 Å². The molecule has 0 spiro atoms. The molecular weight excluding hydrogens is 232 g/mol. The van der Waals surface area contributed by atoms with Crippen LogP contribution in [0, 0.1) is 11.6 Å². The molecule has 0 saturated carbocycles. The number of nitrogens with one attached hydrogen (secondary N) is 2. The number of hydrogen-bond acceptors (Lipinski definition) is 4. The van der Waals surface area contributed by atoms with Crippen LogP contribution in [0.5, 0.6) is 0 Å². The molecule has 0 aliphatic rings. The fraction of sp³-hybridized carbons (Fsp3) is 0. The third-order valence-electron chi connectivity index (χ3n) is 1.92. The molecule has 1 heterocycles. The van der Waals surface area contributed by atoms with Crippen LogP contribution in [0.15, 0.2) is 18.2 Å². The first-order valence-electron chi connectivity index (χ1n) is 4.51. The zero-order valence-electron chi connectivity index (χ0n) is 8.37. The minimum Gasteiger partial charge on any atom is -0.366 e. The maximum Gasteiger partial charge on any atom is 0.293 e. The van der Waals surface area contributed by atoms with Crippen LogP contribution in [0.4, 0.5) is 20.4 Å². The Hall–Kier alpha value is -2.51. The van der Waals surface area contributed by atoms with E-state index in [1.807, 2.05) is 5.32 Å². The molecule has 88 valence electrons. The van der Waals surface area contributed by atoms with Crippen molar-refractivity contribution in [2.45, 2.75) is 0 Å². The number of rotatable bonds is 2. The largest absolute Gasteiger partial charge is 0.366 e. The van der Waals surface area contributed by atoms with Crippen LogP contribution in [-0.4, -0.2) is 21.1 Å². The van der Waals surface area contributed by atoms with Crippen LogP contribution in [-0.2, 0) is 0 Å². The number of carbonyl (C=O) groups excluding carboxylic acids is 1. The Kier molecular flexibility index (Phi) is 2.69. The summed E-state index contributed by atoms with van der Waals surface area (Å²) in [4.78, 5) is 15.0. The van der Waals surface area contributed by atoms with Gasteiger partial charge < -0.3 is 11.1 Å². The van der Waals surface area contributed by atoms with E-state index < -0.39 is 23.2 Å². The highest BCUT2D eigenvalue weighted by Crippen LogP contribution is 2.18. The van der Waals surface area contributed by atoms with Crippen LogP contribution in [0.3, 0.4) is 0 Å². The minimum absolute atomic E-state index is 0.135. The second-order valence-corrected chi connectivity index (χ2v) is 3.09. The molecule has 0 fully saturated rings. The van der Waals surface area contributed by atoms with Crippen LogP contribution in [0.2, 0.25) is 0 Å². The maximum absolute atomic E-state index is 13.2. The number of H-pyrrole nitrogens is 1. The standard InChI is InChI=1S/C9H7F2N5O/c10-4-2-1-3-5(11)6(4)13-8(17)7-14-9(12)16-15-7/h1-3H,(H,13,17)(H3,12,14,15,16). The lowest BCUT2D eigenvalue weighted by Crippen LogP contribution is -2.16. The van der Waals surface area contributed by atoms with E-state index >= 15 is 0 Å². The SMILES string of the molecule is Nc1n[nH]c(C(=O)Nc2c(F)cccc2F)n1. The Morgan fingerprint density at radius 3 is 2.53 bits per heavy atom. The lowest BCUT2D eigenvalue weighted by Gasteiger charge is -2.04. The van der Waals surface area contributed by atoms with Crippen LogP contribution < -0.4 is 11.1 Å². The average Bonchev–Trinajstić information content (AvgIpc) is 2.70. The normalized spacial score (nSPS) is 10.2. The van der Waals surface area contributed by atoms with E-state index in [4.69, 9.17) is 5.73 Å². The first kappa shape index (κ1) is 11.0. The highest BCUT2D eigenvalue weighted by Gasteiger charge is 2.15. The second-order valence-electron chi connectivity index (χ2n) is 3.09. The van der Waals surface area contributed by atoms with Crippen molar-refractivity contribution in [2.75, 3.05) is 11.1 Å². The maximum atomic E-state index is 13.2. The summed E-state index contributed by atoms with van der Waals surface area (Å²) in [5.74, 6) is -2.97. The molecule has 6 nitrogen and oxygen atoms in total. The molecule has 2 aromatic rings. The number of halogens is 2. The van der Waals surface area contributed by atoms with Gasteiger partial charge in [0.25, 0.3) is 5.91 Å². The van der Waals surface area contributed by atoms with Gasteiger partial charge in [0, 0.05) is 0 Å². The number of nitrogen functional groups attached to an aromatic ring is 1. The fourth-order valence-electron chi connectivity index (χ4n) is 1.17. The molecule has 17 heavy (non-hydrogen) atoms. The van der Waals surface area contributed by atoms with E-state index in [1.165, 1.54) is 6.07 Å². The zero-order valence-corrected chi connectivity index (χ0v) is 8.37. The Balaban J connectivity index is 2.24. The number of anilines is 2. The van der Waals surface area contributed by atoms with Gasteiger partial charge in [-0.25, -0.2) is 8.78 Å². The molecule has 0 aliphatic carbocycles. The van der Waals surface area contributed by atoms with Gasteiger partial charge in [0.05, 0.1) is 0 Å².